The summed E-state index contributed by atoms with van der Waals surface area (Å²) in [5.41, 5.74) is 3.88. The van der Waals surface area contributed by atoms with E-state index >= 15 is 0 Å². The second-order valence-electron chi connectivity index (χ2n) is 5.39. The van der Waals surface area contributed by atoms with Crippen LogP contribution in [0.3, 0.4) is 0 Å². The van der Waals surface area contributed by atoms with Crippen molar-refractivity contribution in [1.82, 2.24) is 0 Å². The van der Waals surface area contributed by atoms with Gasteiger partial charge < -0.3 is 10.6 Å². The van der Waals surface area contributed by atoms with E-state index in [1.165, 1.54) is 36.1 Å². The van der Waals surface area contributed by atoms with Gasteiger partial charge in [0.2, 0.25) is 0 Å². The summed E-state index contributed by atoms with van der Waals surface area (Å²) in [6.45, 7) is 0. The first-order chi connectivity index (χ1) is 10.6. The second kappa shape index (κ2) is 6.40. The number of rotatable bonds is 2. The molecule has 22 heavy (non-hydrogen) atoms. The molecule has 5 heteroatoms. The summed E-state index contributed by atoms with van der Waals surface area (Å²) in [5, 5.41) is 6.28. The van der Waals surface area contributed by atoms with Gasteiger partial charge in [0, 0.05) is 17.4 Å². The van der Waals surface area contributed by atoms with E-state index in [1.54, 1.807) is 0 Å². The molecule has 0 unspecified atom stereocenters. The number of hydrogen-bond donors (Lipinski definition) is 2. The van der Waals surface area contributed by atoms with Gasteiger partial charge in [0.25, 0.3) is 0 Å². The molecule has 114 valence electrons. The van der Waals surface area contributed by atoms with Gasteiger partial charge in [0.05, 0.1) is 0 Å². The molecule has 0 fully saturated rings. The largest absolute Gasteiger partial charge is 0.332 e. The summed E-state index contributed by atoms with van der Waals surface area (Å²) >= 11 is 5.24. The minimum atomic E-state index is -0.637. The fourth-order valence-electron chi connectivity index (χ4n) is 2.81. The normalized spacial score (nSPS) is 13.4. The molecule has 0 heterocycles. The van der Waals surface area contributed by atoms with Gasteiger partial charge in [-0.3, -0.25) is 0 Å². The van der Waals surface area contributed by atoms with Crippen LogP contribution in [0.5, 0.6) is 0 Å². The van der Waals surface area contributed by atoms with E-state index in [4.69, 9.17) is 12.2 Å². The zero-order chi connectivity index (χ0) is 15.5. The molecule has 2 aromatic carbocycles. The molecule has 0 aromatic heterocycles. The quantitative estimate of drug-likeness (QED) is 0.788. The highest BCUT2D eigenvalue weighted by Gasteiger charge is 2.13. The lowest BCUT2D eigenvalue weighted by molar-refractivity contribution is 0.584. The third-order valence-electron chi connectivity index (χ3n) is 3.76. The van der Waals surface area contributed by atoms with Crippen molar-refractivity contribution in [2.24, 2.45) is 0 Å². The van der Waals surface area contributed by atoms with Crippen molar-refractivity contribution in [3.63, 3.8) is 0 Å². The highest BCUT2D eigenvalue weighted by atomic mass is 32.1. The molecule has 2 aromatic rings. The molecule has 1 aliphatic carbocycles. The van der Waals surface area contributed by atoms with E-state index < -0.39 is 11.6 Å². The first-order valence-corrected chi connectivity index (χ1v) is 7.67. The van der Waals surface area contributed by atoms with Gasteiger partial charge in [0.15, 0.2) is 5.11 Å². The van der Waals surface area contributed by atoms with Crippen molar-refractivity contribution in [3.8, 4) is 0 Å². The Kier molecular flexibility index (Phi) is 4.34. The highest BCUT2D eigenvalue weighted by Crippen LogP contribution is 2.28. The molecule has 0 saturated carbocycles. The molecule has 0 aliphatic heterocycles. The van der Waals surface area contributed by atoms with Gasteiger partial charge in [-0.1, -0.05) is 12.1 Å². The lowest BCUT2D eigenvalue weighted by atomic mass is 9.90. The molecule has 1 aliphatic rings. The Bertz CT molecular complexity index is 696. The van der Waals surface area contributed by atoms with Gasteiger partial charge >= 0.3 is 0 Å². The molecule has 0 saturated heterocycles. The molecule has 3 rings (SSSR count). The maximum atomic E-state index is 13.2. The van der Waals surface area contributed by atoms with E-state index in [1.807, 2.05) is 12.1 Å². The van der Waals surface area contributed by atoms with Crippen molar-refractivity contribution >= 4 is 28.7 Å². The minimum Gasteiger partial charge on any atom is -0.332 e. The monoisotopic (exact) mass is 318 g/mol. The predicted octanol–water partition coefficient (Wildman–Crippen LogP) is 4.65. The molecule has 0 amide bonds. The lowest BCUT2D eigenvalue weighted by Crippen LogP contribution is -2.21. The van der Waals surface area contributed by atoms with Crippen LogP contribution in [0.1, 0.15) is 24.0 Å². The fourth-order valence-corrected chi connectivity index (χ4v) is 3.04. The Morgan fingerprint density at radius 2 is 1.68 bits per heavy atom. The molecular weight excluding hydrogens is 302 g/mol. The third-order valence-corrected chi connectivity index (χ3v) is 3.97. The fraction of sp³-hybridized carbons (Fsp3) is 0.235. The highest BCUT2D eigenvalue weighted by molar-refractivity contribution is 7.80. The zero-order valence-electron chi connectivity index (χ0n) is 12.0. The molecule has 0 bridgehead atoms. The number of halogens is 2. The molecular formula is C17H16F2N2S. The summed E-state index contributed by atoms with van der Waals surface area (Å²) in [7, 11) is 0. The molecule has 2 nitrogen and oxygen atoms in total. The second-order valence-corrected chi connectivity index (χ2v) is 5.80. The summed E-state index contributed by atoms with van der Waals surface area (Å²) in [4.78, 5) is 0. The third kappa shape index (κ3) is 3.42. The van der Waals surface area contributed by atoms with Crippen LogP contribution >= 0.6 is 12.2 Å². The van der Waals surface area contributed by atoms with E-state index in [9.17, 15) is 8.78 Å². The van der Waals surface area contributed by atoms with Crippen LogP contribution in [0.4, 0.5) is 20.2 Å². The standard InChI is InChI=1S/C17H16F2N2S/c18-12-8-13(19)10-14(9-12)20-17(22)21-16-7-3-5-11-4-1-2-6-15(11)16/h3,5,7-10H,1-2,4,6H2,(H2,20,21,22). The first-order valence-electron chi connectivity index (χ1n) is 7.27. The van der Waals surface area contributed by atoms with Crippen molar-refractivity contribution in [1.29, 1.82) is 0 Å². The summed E-state index contributed by atoms with van der Waals surface area (Å²) in [5.74, 6) is -1.27. The van der Waals surface area contributed by atoms with Crippen LogP contribution in [-0.4, -0.2) is 5.11 Å². The number of aryl methyl sites for hydroxylation is 1. The van der Waals surface area contributed by atoms with Crippen LogP contribution in [0.25, 0.3) is 0 Å². The Hall–Kier alpha value is -2.01. The number of hydrogen-bond acceptors (Lipinski definition) is 1. The van der Waals surface area contributed by atoms with Gasteiger partial charge in [-0.25, -0.2) is 8.78 Å². The maximum absolute atomic E-state index is 13.2. The minimum absolute atomic E-state index is 0.291. The molecule has 0 spiro atoms. The Morgan fingerprint density at radius 3 is 2.45 bits per heavy atom. The van der Waals surface area contributed by atoms with E-state index in [0.717, 1.165) is 24.6 Å². The van der Waals surface area contributed by atoms with Gasteiger partial charge in [0.1, 0.15) is 11.6 Å². The number of nitrogens with one attached hydrogen (secondary N) is 2. The molecule has 0 atom stereocenters. The van der Waals surface area contributed by atoms with Crippen LogP contribution in [-0.2, 0) is 12.8 Å². The van der Waals surface area contributed by atoms with Crippen LogP contribution < -0.4 is 10.6 Å². The average Bonchev–Trinajstić information content (AvgIpc) is 2.46. The topological polar surface area (TPSA) is 24.1 Å². The van der Waals surface area contributed by atoms with Crippen molar-refractivity contribution < 1.29 is 8.78 Å². The summed E-state index contributed by atoms with van der Waals surface area (Å²) < 4.78 is 26.4. The number of benzene rings is 2. The number of fused-ring (bicyclic) bond motifs is 1. The summed E-state index contributed by atoms with van der Waals surface area (Å²) in [6.07, 6.45) is 4.48. The zero-order valence-corrected chi connectivity index (χ0v) is 12.8. The van der Waals surface area contributed by atoms with Crippen LogP contribution in [0.15, 0.2) is 36.4 Å². The van der Waals surface area contributed by atoms with Crippen LogP contribution in [0, 0.1) is 11.6 Å². The maximum Gasteiger partial charge on any atom is 0.175 e. The molecule has 2 N–H and O–H groups in total. The summed E-state index contributed by atoms with van der Waals surface area (Å²) in [6, 6.07) is 9.35. The number of anilines is 2. The van der Waals surface area contributed by atoms with E-state index in [-0.39, 0.29) is 0 Å². The van der Waals surface area contributed by atoms with Gasteiger partial charge in [-0.2, -0.15) is 0 Å². The van der Waals surface area contributed by atoms with E-state index in [2.05, 4.69) is 16.7 Å². The Morgan fingerprint density at radius 1 is 0.955 bits per heavy atom. The van der Waals surface area contributed by atoms with Crippen molar-refractivity contribution in [2.45, 2.75) is 25.7 Å². The van der Waals surface area contributed by atoms with Gasteiger partial charge in [-0.05, 0) is 67.2 Å². The Balaban J connectivity index is 1.74. The lowest BCUT2D eigenvalue weighted by Gasteiger charge is -2.20. The molecule has 0 radical (unpaired) electrons. The number of thiocarbonyl (C=S) groups is 1. The average molecular weight is 318 g/mol. The SMILES string of the molecule is Fc1cc(F)cc(NC(=S)Nc2cccc3c2CCCC3)c1. The van der Waals surface area contributed by atoms with Crippen molar-refractivity contribution in [3.05, 3.63) is 59.2 Å². The van der Waals surface area contributed by atoms with Crippen LogP contribution in [0.2, 0.25) is 0 Å². The van der Waals surface area contributed by atoms with Gasteiger partial charge in [-0.15, -0.1) is 0 Å². The Labute approximate surface area is 133 Å². The smallest absolute Gasteiger partial charge is 0.175 e. The van der Waals surface area contributed by atoms with E-state index in [0.29, 0.717) is 10.8 Å². The van der Waals surface area contributed by atoms with Crippen molar-refractivity contribution in [2.75, 3.05) is 10.6 Å². The predicted molar refractivity (Wildman–Crippen MR) is 89.3 cm³/mol. The first kappa shape index (κ1) is 14.9.